The Morgan fingerprint density at radius 1 is 1.25 bits per heavy atom. The Hall–Kier alpha value is -0.0800. The Morgan fingerprint density at radius 3 is 2.83 bits per heavy atom. The summed E-state index contributed by atoms with van der Waals surface area (Å²) < 4.78 is 0. The molecule has 71 valence electrons. The summed E-state index contributed by atoms with van der Waals surface area (Å²) in [6.45, 7) is 3.63. The Kier molecular flexibility index (Phi) is 4.62. The first kappa shape index (κ1) is 10.0. The van der Waals surface area contributed by atoms with Gasteiger partial charge in [0.1, 0.15) is 0 Å². The molecule has 1 rings (SSSR count). The third-order valence-corrected chi connectivity index (χ3v) is 2.45. The van der Waals surface area contributed by atoms with E-state index in [2.05, 4.69) is 24.3 Å². The predicted molar refractivity (Wildman–Crippen MR) is 53.1 cm³/mol. The molecule has 1 saturated heterocycles. The molecule has 1 fully saturated rings. The van der Waals surface area contributed by atoms with Gasteiger partial charge in [0.15, 0.2) is 0 Å². The van der Waals surface area contributed by atoms with Crippen LogP contribution >= 0.6 is 0 Å². The van der Waals surface area contributed by atoms with Gasteiger partial charge in [-0.1, -0.05) is 0 Å². The third-order valence-electron chi connectivity index (χ3n) is 2.45. The van der Waals surface area contributed by atoms with Crippen molar-refractivity contribution in [2.75, 3.05) is 33.7 Å². The quantitative estimate of drug-likeness (QED) is 0.685. The van der Waals surface area contributed by atoms with E-state index in [1.165, 1.54) is 45.3 Å². The van der Waals surface area contributed by atoms with E-state index in [-0.39, 0.29) is 0 Å². The molecule has 1 heterocycles. The molecule has 1 N–H and O–H groups in total. The minimum absolute atomic E-state index is 1.20. The Bertz CT molecular complexity index is 104. The van der Waals surface area contributed by atoms with Crippen molar-refractivity contribution >= 4 is 0 Å². The van der Waals surface area contributed by atoms with Crippen LogP contribution in [0, 0.1) is 5.92 Å². The lowest BCUT2D eigenvalue weighted by atomic mass is 9.97. The summed E-state index contributed by atoms with van der Waals surface area (Å²) in [5, 5.41) is 3.43. The first-order valence-corrected chi connectivity index (χ1v) is 4.98. The van der Waals surface area contributed by atoms with E-state index in [0.29, 0.717) is 0 Å². The van der Waals surface area contributed by atoms with E-state index in [0.717, 1.165) is 0 Å². The molecule has 1 radical (unpaired) electrons. The fraction of sp³-hybridized carbons (Fsp3) is 0.900. The highest BCUT2D eigenvalue weighted by Gasteiger charge is 2.11. The van der Waals surface area contributed by atoms with Crippen molar-refractivity contribution in [3.63, 3.8) is 0 Å². The highest BCUT2D eigenvalue weighted by molar-refractivity contribution is 4.92. The topological polar surface area (TPSA) is 15.3 Å². The van der Waals surface area contributed by atoms with Gasteiger partial charge < -0.3 is 10.2 Å². The summed E-state index contributed by atoms with van der Waals surface area (Å²) in [7, 11) is 4.30. The van der Waals surface area contributed by atoms with Crippen molar-refractivity contribution in [2.24, 2.45) is 0 Å². The number of nitrogens with zero attached hydrogens (tertiary/aromatic N) is 1. The maximum atomic E-state index is 3.43. The number of hydrogen-bond acceptors (Lipinski definition) is 2. The fourth-order valence-corrected chi connectivity index (χ4v) is 1.61. The molecule has 0 aromatic carbocycles. The molecular weight excluding hydrogens is 148 g/mol. The Balaban J connectivity index is 2.12. The highest BCUT2D eigenvalue weighted by atomic mass is 15.0. The van der Waals surface area contributed by atoms with Crippen molar-refractivity contribution in [1.29, 1.82) is 0 Å². The SMILES string of the molecule is CN(C)CC[C]1CCCNCC1. The second-order valence-electron chi connectivity index (χ2n) is 3.91. The predicted octanol–water partition coefficient (Wildman–Crippen LogP) is 1.29. The van der Waals surface area contributed by atoms with Crippen LogP contribution in [0.1, 0.15) is 25.7 Å². The largest absolute Gasteiger partial charge is 0.317 e. The van der Waals surface area contributed by atoms with E-state index in [4.69, 9.17) is 0 Å². The second-order valence-corrected chi connectivity index (χ2v) is 3.91. The van der Waals surface area contributed by atoms with Crippen molar-refractivity contribution < 1.29 is 0 Å². The van der Waals surface area contributed by atoms with Gasteiger partial charge in [-0.05, 0) is 65.3 Å². The lowest BCUT2D eigenvalue weighted by Gasteiger charge is -2.15. The third kappa shape index (κ3) is 4.07. The molecule has 0 aromatic heterocycles. The van der Waals surface area contributed by atoms with E-state index in [1.807, 2.05) is 0 Å². The molecule has 0 saturated carbocycles. The average molecular weight is 169 g/mol. The van der Waals surface area contributed by atoms with E-state index in [1.54, 1.807) is 5.92 Å². The van der Waals surface area contributed by atoms with Gasteiger partial charge >= 0.3 is 0 Å². The van der Waals surface area contributed by atoms with Crippen molar-refractivity contribution in [3.05, 3.63) is 5.92 Å². The zero-order valence-corrected chi connectivity index (χ0v) is 8.40. The number of rotatable bonds is 3. The van der Waals surface area contributed by atoms with Gasteiger partial charge in [0.25, 0.3) is 0 Å². The Labute approximate surface area is 76.3 Å². The van der Waals surface area contributed by atoms with Crippen LogP contribution in [-0.4, -0.2) is 38.6 Å². The van der Waals surface area contributed by atoms with Crippen LogP contribution in [-0.2, 0) is 0 Å². The molecule has 0 bridgehead atoms. The van der Waals surface area contributed by atoms with Gasteiger partial charge in [0.05, 0.1) is 0 Å². The molecular formula is C10H21N2. The van der Waals surface area contributed by atoms with Gasteiger partial charge in [-0.15, -0.1) is 0 Å². The molecule has 1 aliphatic heterocycles. The first-order chi connectivity index (χ1) is 5.79. The summed E-state index contributed by atoms with van der Waals surface area (Å²) in [6.07, 6.45) is 5.28. The summed E-state index contributed by atoms with van der Waals surface area (Å²) in [6, 6.07) is 0. The monoisotopic (exact) mass is 169 g/mol. The minimum Gasteiger partial charge on any atom is -0.317 e. The molecule has 0 atom stereocenters. The maximum absolute atomic E-state index is 3.43. The normalized spacial score (nSPS) is 21.2. The van der Waals surface area contributed by atoms with Crippen molar-refractivity contribution in [3.8, 4) is 0 Å². The number of hydrogen-bond donors (Lipinski definition) is 1. The molecule has 0 spiro atoms. The van der Waals surface area contributed by atoms with Crippen molar-refractivity contribution in [2.45, 2.75) is 25.7 Å². The second kappa shape index (κ2) is 5.55. The molecule has 2 nitrogen and oxygen atoms in total. The molecule has 0 aromatic rings. The lowest BCUT2D eigenvalue weighted by Crippen LogP contribution is -2.17. The zero-order chi connectivity index (χ0) is 8.81. The van der Waals surface area contributed by atoms with Crippen LogP contribution in [0.5, 0.6) is 0 Å². The van der Waals surface area contributed by atoms with Gasteiger partial charge in [-0.3, -0.25) is 0 Å². The summed E-state index contributed by atoms with van der Waals surface area (Å²) in [5.41, 5.74) is 0. The molecule has 0 amide bonds. The van der Waals surface area contributed by atoms with E-state index >= 15 is 0 Å². The molecule has 1 aliphatic rings. The molecule has 2 heteroatoms. The summed E-state index contributed by atoms with van der Waals surface area (Å²) in [4.78, 5) is 2.27. The van der Waals surface area contributed by atoms with Crippen LogP contribution in [0.25, 0.3) is 0 Å². The van der Waals surface area contributed by atoms with Gasteiger partial charge in [0, 0.05) is 0 Å². The van der Waals surface area contributed by atoms with E-state index < -0.39 is 0 Å². The average Bonchev–Trinajstić information content (AvgIpc) is 2.28. The first-order valence-electron chi connectivity index (χ1n) is 4.98. The van der Waals surface area contributed by atoms with Crippen molar-refractivity contribution in [1.82, 2.24) is 10.2 Å². The molecule has 0 aliphatic carbocycles. The van der Waals surface area contributed by atoms with Gasteiger partial charge in [0.2, 0.25) is 0 Å². The number of nitrogens with one attached hydrogen (secondary N) is 1. The maximum Gasteiger partial charge on any atom is -0.00193 e. The summed E-state index contributed by atoms with van der Waals surface area (Å²) >= 11 is 0. The highest BCUT2D eigenvalue weighted by Crippen LogP contribution is 2.19. The van der Waals surface area contributed by atoms with E-state index in [9.17, 15) is 0 Å². The standard InChI is InChI=1S/C10H21N2/c1-12(2)9-6-10-4-3-7-11-8-5-10/h11H,3-9H2,1-2H3. The van der Waals surface area contributed by atoms with Crippen LogP contribution in [0.15, 0.2) is 0 Å². The molecule has 0 unspecified atom stereocenters. The van der Waals surface area contributed by atoms with Crippen LogP contribution in [0.3, 0.4) is 0 Å². The van der Waals surface area contributed by atoms with Gasteiger partial charge in [-0.25, -0.2) is 0 Å². The van der Waals surface area contributed by atoms with Crippen LogP contribution in [0.2, 0.25) is 0 Å². The minimum atomic E-state index is 1.20. The van der Waals surface area contributed by atoms with Crippen LogP contribution < -0.4 is 5.32 Å². The fourth-order valence-electron chi connectivity index (χ4n) is 1.61. The smallest absolute Gasteiger partial charge is 0.00193 e. The lowest BCUT2D eigenvalue weighted by molar-refractivity contribution is 0.396. The summed E-state index contributed by atoms with van der Waals surface area (Å²) in [5.74, 6) is 1.76. The van der Waals surface area contributed by atoms with Gasteiger partial charge in [-0.2, -0.15) is 0 Å². The zero-order valence-electron chi connectivity index (χ0n) is 8.40. The Morgan fingerprint density at radius 2 is 2.08 bits per heavy atom. The van der Waals surface area contributed by atoms with Crippen LogP contribution in [0.4, 0.5) is 0 Å². The molecule has 12 heavy (non-hydrogen) atoms.